The molecule has 2 aliphatic rings. The molecule has 158 valence electrons. The standard InChI is InChI=1S/C23H27N3O3S/c1-4-14-9-10-17-19(12-14)30-23(24-17)25-20(27)18(11-13(2)3)26-21(28)15-7-5-6-8-16(15)22(26)29/h5-6,9-10,12-13,15-16,18H,4,7-8,11H2,1-3H3,(H,24,25,27). The van der Waals surface area contributed by atoms with Crippen LogP contribution < -0.4 is 5.32 Å². The van der Waals surface area contributed by atoms with E-state index in [1.807, 2.05) is 38.1 Å². The fourth-order valence-corrected chi connectivity index (χ4v) is 5.27. The Hall–Kier alpha value is -2.54. The second kappa shape index (κ2) is 8.30. The van der Waals surface area contributed by atoms with E-state index in [1.54, 1.807) is 0 Å². The molecule has 6 nitrogen and oxygen atoms in total. The smallest absolute Gasteiger partial charge is 0.249 e. The molecule has 1 fully saturated rings. The van der Waals surface area contributed by atoms with E-state index in [-0.39, 0.29) is 35.5 Å². The normalized spacial score (nSPS) is 22.1. The molecule has 1 N–H and O–H groups in total. The van der Waals surface area contributed by atoms with Gasteiger partial charge in [0, 0.05) is 0 Å². The van der Waals surface area contributed by atoms with Gasteiger partial charge in [0.25, 0.3) is 0 Å². The van der Waals surface area contributed by atoms with Crippen molar-refractivity contribution in [2.24, 2.45) is 17.8 Å². The Morgan fingerprint density at radius 2 is 1.87 bits per heavy atom. The van der Waals surface area contributed by atoms with Gasteiger partial charge >= 0.3 is 0 Å². The van der Waals surface area contributed by atoms with E-state index in [4.69, 9.17) is 0 Å². The van der Waals surface area contributed by atoms with E-state index < -0.39 is 6.04 Å². The van der Waals surface area contributed by atoms with Gasteiger partial charge in [-0.05, 0) is 49.3 Å². The first kappa shape index (κ1) is 20.7. The Balaban J connectivity index is 1.58. The van der Waals surface area contributed by atoms with Gasteiger partial charge in [0.1, 0.15) is 6.04 Å². The quantitative estimate of drug-likeness (QED) is 0.557. The van der Waals surface area contributed by atoms with E-state index in [1.165, 1.54) is 21.8 Å². The summed E-state index contributed by atoms with van der Waals surface area (Å²) in [5.41, 5.74) is 2.05. The van der Waals surface area contributed by atoms with Crippen LogP contribution in [0.5, 0.6) is 0 Å². The van der Waals surface area contributed by atoms with Crippen LogP contribution in [0.2, 0.25) is 0 Å². The van der Waals surface area contributed by atoms with Crippen LogP contribution in [0.25, 0.3) is 10.2 Å². The minimum absolute atomic E-state index is 0.157. The van der Waals surface area contributed by atoms with Gasteiger partial charge in [-0.25, -0.2) is 4.98 Å². The third kappa shape index (κ3) is 3.78. The average molecular weight is 426 g/mol. The maximum Gasteiger partial charge on any atom is 0.249 e. The predicted molar refractivity (Wildman–Crippen MR) is 118 cm³/mol. The van der Waals surface area contributed by atoms with Crippen LogP contribution in [0.4, 0.5) is 5.13 Å². The number of hydrogen-bond acceptors (Lipinski definition) is 5. The van der Waals surface area contributed by atoms with Crippen molar-refractivity contribution in [1.29, 1.82) is 0 Å². The number of rotatable bonds is 6. The number of fused-ring (bicyclic) bond motifs is 2. The number of likely N-dealkylation sites (tertiary alicyclic amines) is 1. The van der Waals surface area contributed by atoms with Crippen molar-refractivity contribution in [2.45, 2.75) is 52.5 Å². The molecule has 1 aliphatic carbocycles. The number of benzene rings is 1. The van der Waals surface area contributed by atoms with Crippen LogP contribution in [-0.2, 0) is 20.8 Å². The fraction of sp³-hybridized carbons (Fsp3) is 0.478. The fourth-order valence-electron chi connectivity index (χ4n) is 4.34. The second-order valence-electron chi connectivity index (χ2n) is 8.51. The first-order valence-corrected chi connectivity index (χ1v) is 11.4. The molecule has 1 aliphatic heterocycles. The van der Waals surface area contributed by atoms with Gasteiger partial charge in [-0.2, -0.15) is 0 Å². The number of nitrogens with zero attached hydrogens (tertiary/aromatic N) is 2. The molecule has 0 radical (unpaired) electrons. The Kier molecular flexibility index (Phi) is 5.73. The monoisotopic (exact) mass is 425 g/mol. The van der Waals surface area contributed by atoms with Gasteiger partial charge in [0.2, 0.25) is 17.7 Å². The molecular formula is C23H27N3O3S. The van der Waals surface area contributed by atoms with Crippen molar-refractivity contribution >= 4 is 44.4 Å². The van der Waals surface area contributed by atoms with Crippen molar-refractivity contribution in [3.63, 3.8) is 0 Å². The van der Waals surface area contributed by atoms with Gasteiger partial charge in [-0.1, -0.05) is 50.3 Å². The van der Waals surface area contributed by atoms with E-state index in [9.17, 15) is 14.4 Å². The van der Waals surface area contributed by atoms with Gasteiger partial charge < -0.3 is 5.32 Å². The number of nitrogens with one attached hydrogen (secondary N) is 1. The third-order valence-electron chi connectivity index (χ3n) is 5.94. The Labute approximate surface area is 180 Å². The summed E-state index contributed by atoms with van der Waals surface area (Å²) >= 11 is 1.41. The minimum atomic E-state index is -0.811. The zero-order chi connectivity index (χ0) is 21.4. The van der Waals surface area contributed by atoms with Crippen molar-refractivity contribution in [3.8, 4) is 0 Å². The van der Waals surface area contributed by atoms with Crippen molar-refractivity contribution in [3.05, 3.63) is 35.9 Å². The lowest BCUT2D eigenvalue weighted by atomic mass is 9.85. The summed E-state index contributed by atoms with van der Waals surface area (Å²) in [7, 11) is 0. The Morgan fingerprint density at radius 3 is 2.47 bits per heavy atom. The number of hydrogen-bond donors (Lipinski definition) is 1. The summed E-state index contributed by atoms with van der Waals surface area (Å²) < 4.78 is 1.01. The van der Waals surface area contributed by atoms with Crippen molar-refractivity contribution < 1.29 is 14.4 Å². The highest BCUT2D eigenvalue weighted by atomic mass is 32.1. The number of amides is 3. The minimum Gasteiger partial charge on any atom is -0.300 e. The average Bonchev–Trinajstić information content (AvgIpc) is 3.24. The summed E-state index contributed by atoms with van der Waals surface area (Å²) in [6, 6.07) is 5.26. The maximum absolute atomic E-state index is 13.2. The molecule has 0 bridgehead atoms. The molecule has 30 heavy (non-hydrogen) atoms. The van der Waals surface area contributed by atoms with Crippen LogP contribution in [0.3, 0.4) is 0 Å². The lowest BCUT2D eigenvalue weighted by Crippen LogP contribution is -2.48. The molecule has 3 atom stereocenters. The topological polar surface area (TPSA) is 79.4 Å². The lowest BCUT2D eigenvalue weighted by molar-refractivity contribution is -0.147. The van der Waals surface area contributed by atoms with Gasteiger partial charge in [-0.3, -0.25) is 19.3 Å². The molecule has 2 aromatic rings. The summed E-state index contributed by atoms with van der Waals surface area (Å²) in [6.07, 6.45) is 6.42. The molecule has 1 saturated heterocycles. The SMILES string of the molecule is CCc1ccc2nc(NC(=O)C(CC(C)C)N3C(=O)C4CC=CCC4C3=O)sc2c1. The van der Waals surface area contributed by atoms with Crippen LogP contribution in [0.15, 0.2) is 30.4 Å². The molecule has 0 spiro atoms. The van der Waals surface area contributed by atoms with Crippen LogP contribution in [0.1, 0.15) is 45.6 Å². The number of aryl methyl sites for hydroxylation is 1. The van der Waals surface area contributed by atoms with Crippen LogP contribution in [0, 0.1) is 17.8 Å². The lowest BCUT2D eigenvalue weighted by Gasteiger charge is -2.26. The molecule has 7 heteroatoms. The summed E-state index contributed by atoms with van der Waals surface area (Å²) in [6.45, 7) is 6.08. The Morgan fingerprint density at radius 1 is 1.20 bits per heavy atom. The predicted octanol–water partition coefficient (Wildman–Crippen LogP) is 4.16. The van der Waals surface area contributed by atoms with Crippen molar-refractivity contribution in [1.82, 2.24) is 9.88 Å². The van der Waals surface area contributed by atoms with Crippen molar-refractivity contribution in [2.75, 3.05) is 5.32 Å². The molecule has 3 unspecified atom stereocenters. The molecule has 2 heterocycles. The highest BCUT2D eigenvalue weighted by Gasteiger charge is 2.51. The van der Waals surface area contributed by atoms with Gasteiger partial charge in [0.05, 0.1) is 22.1 Å². The van der Waals surface area contributed by atoms with E-state index in [0.717, 1.165) is 16.6 Å². The number of allylic oxidation sites excluding steroid dienone is 2. The molecule has 1 aromatic carbocycles. The number of carbonyl (C=O) groups is 3. The van der Waals surface area contributed by atoms with E-state index in [0.29, 0.717) is 24.4 Å². The number of anilines is 1. The number of thiazole rings is 1. The summed E-state index contributed by atoms with van der Waals surface area (Å²) in [5, 5.41) is 3.38. The number of imide groups is 1. The third-order valence-corrected chi connectivity index (χ3v) is 6.88. The van der Waals surface area contributed by atoms with Gasteiger partial charge in [-0.15, -0.1) is 0 Å². The zero-order valence-electron chi connectivity index (χ0n) is 17.6. The van der Waals surface area contributed by atoms with Crippen LogP contribution in [-0.4, -0.2) is 33.6 Å². The first-order chi connectivity index (χ1) is 14.4. The summed E-state index contributed by atoms with van der Waals surface area (Å²) in [5.74, 6) is -1.28. The molecular weight excluding hydrogens is 398 g/mol. The number of aromatic nitrogens is 1. The van der Waals surface area contributed by atoms with Gasteiger partial charge in [0.15, 0.2) is 5.13 Å². The van der Waals surface area contributed by atoms with E-state index in [2.05, 4.69) is 23.3 Å². The molecule has 4 rings (SSSR count). The zero-order valence-corrected chi connectivity index (χ0v) is 18.4. The second-order valence-corrected chi connectivity index (χ2v) is 9.54. The first-order valence-electron chi connectivity index (χ1n) is 10.6. The Bertz CT molecular complexity index is 1000. The highest BCUT2D eigenvalue weighted by Crippen LogP contribution is 2.37. The number of carbonyl (C=O) groups excluding carboxylic acids is 3. The highest BCUT2D eigenvalue weighted by molar-refractivity contribution is 7.22. The maximum atomic E-state index is 13.2. The molecule has 0 saturated carbocycles. The largest absolute Gasteiger partial charge is 0.300 e. The van der Waals surface area contributed by atoms with Crippen LogP contribution >= 0.6 is 11.3 Å². The molecule has 1 aromatic heterocycles. The van der Waals surface area contributed by atoms with E-state index >= 15 is 0 Å². The summed E-state index contributed by atoms with van der Waals surface area (Å²) in [4.78, 5) is 45.0. The molecule has 3 amide bonds.